The van der Waals surface area contributed by atoms with Crippen LogP contribution in [0.1, 0.15) is 91.9 Å². The van der Waals surface area contributed by atoms with Gasteiger partial charge in [0.2, 0.25) is 0 Å². The van der Waals surface area contributed by atoms with Crippen LogP contribution in [0.5, 0.6) is 0 Å². The Morgan fingerprint density at radius 1 is 0.654 bits per heavy atom. The van der Waals surface area contributed by atoms with Crippen LogP contribution in [0.3, 0.4) is 0 Å². The fourth-order valence-corrected chi connectivity index (χ4v) is 3.59. The highest BCUT2D eigenvalue weighted by Crippen LogP contribution is 2.38. The molecule has 6 nitrogen and oxygen atoms in total. The zero-order chi connectivity index (χ0) is 19.6. The molecule has 0 aromatic carbocycles. The summed E-state index contributed by atoms with van der Waals surface area (Å²) in [5.41, 5.74) is 0.906. The molecule has 0 saturated carbocycles. The minimum absolute atomic E-state index is 0.0575. The van der Waals surface area contributed by atoms with Crippen LogP contribution in [0, 0.1) is 0 Å². The van der Waals surface area contributed by atoms with E-state index in [2.05, 4.69) is 13.8 Å². The third-order valence-corrected chi connectivity index (χ3v) is 5.30. The predicted octanol–water partition coefficient (Wildman–Crippen LogP) is 7.56. The second-order valence-corrected chi connectivity index (χ2v) is 7.75. The first kappa shape index (κ1) is 25.5. The number of allylic oxidation sites excluding steroid dienone is 1. The summed E-state index contributed by atoms with van der Waals surface area (Å²) in [6, 6.07) is 0. The molecule has 0 amide bonds. The molecule has 0 bridgehead atoms. The predicted molar refractivity (Wildman–Crippen MR) is 105 cm³/mol. The molecule has 0 fully saturated rings. The van der Waals surface area contributed by atoms with Gasteiger partial charge in [-0.3, -0.25) is 0 Å². The standard InChI is InChI=1S/C18H36O6P2/c1-5-9-11-13-15-17(16-14-12-10-6-2)18(23-25(19)21-7-3)24-26(20)22-8-4/h5-16H2,1-4H3/q+2. The summed E-state index contributed by atoms with van der Waals surface area (Å²) in [5.74, 6) is 0.0575. The van der Waals surface area contributed by atoms with E-state index in [4.69, 9.17) is 18.1 Å². The molecular weight excluding hydrogens is 374 g/mol. The first-order valence-electron chi connectivity index (χ1n) is 9.87. The smallest absolute Gasteiger partial charge is 0.184 e. The summed E-state index contributed by atoms with van der Waals surface area (Å²) in [7, 11) is -4.71. The van der Waals surface area contributed by atoms with E-state index in [1.54, 1.807) is 13.8 Å². The van der Waals surface area contributed by atoms with Crippen LogP contribution in [-0.2, 0) is 27.2 Å². The molecule has 0 heterocycles. The van der Waals surface area contributed by atoms with E-state index in [0.717, 1.165) is 56.9 Å². The Labute approximate surface area is 160 Å². The van der Waals surface area contributed by atoms with Crippen molar-refractivity contribution in [2.45, 2.75) is 91.9 Å². The summed E-state index contributed by atoms with van der Waals surface area (Å²) in [5, 5.41) is 0. The Bertz CT molecular complexity index is 390. The second kappa shape index (κ2) is 17.9. The third-order valence-electron chi connectivity index (χ3n) is 3.74. The third kappa shape index (κ3) is 13.6. The maximum absolute atomic E-state index is 11.9. The summed E-state index contributed by atoms with van der Waals surface area (Å²) in [4.78, 5) is 0. The van der Waals surface area contributed by atoms with E-state index < -0.39 is 16.5 Å². The molecule has 0 spiro atoms. The lowest BCUT2D eigenvalue weighted by molar-refractivity contribution is 0.168. The Balaban J connectivity index is 5.17. The van der Waals surface area contributed by atoms with Crippen molar-refractivity contribution < 1.29 is 27.2 Å². The van der Waals surface area contributed by atoms with Crippen LogP contribution in [-0.4, -0.2) is 13.2 Å². The van der Waals surface area contributed by atoms with Gasteiger partial charge in [0.15, 0.2) is 0 Å². The topological polar surface area (TPSA) is 71.1 Å². The molecule has 0 aliphatic heterocycles. The van der Waals surface area contributed by atoms with Crippen LogP contribution in [0.2, 0.25) is 0 Å². The molecular formula is C18H36O6P2+2. The van der Waals surface area contributed by atoms with Crippen molar-refractivity contribution in [1.29, 1.82) is 0 Å². The summed E-state index contributed by atoms with van der Waals surface area (Å²) >= 11 is 0. The number of rotatable bonds is 18. The number of hydrogen-bond donors (Lipinski definition) is 0. The molecule has 0 rings (SSSR count). The van der Waals surface area contributed by atoms with Crippen molar-refractivity contribution in [3.63, 3.8) is 0 Å². The normalized spacial score (nSPS) is 11.8. The molecule has 0 aliphatic rings. The Kier molecular flexibility index (Phi) is 17.5. The van der Waals surface area contributed by atoms with Gasteiger partial charge >= 0.3 is 22.5 Å². The molecule has 0 aromatic rings. The largest absolute Gasteiger partial charge is 0.753 e. The second-order valence-electron chi connectivity index (χ2n) is 5.98. The van der Waals surface area contributed by atoms with E-state index in [-0.39, 0.29) is 19.2 Å². The maximum Gasteiger partial charge on any atom is 0.753 e. The highest BCUT2D eigenvalue weighted by Gasteiger charge is 2.34. The first-order chi connectivity index (χ1) is 12.6. The van der Waals surface area contributed by atoms with E-state index in [1.165, 1.54) is 12.8 Å². The molecule has 0 radical (unpaired) electrons. The van der Waals surface area contributed by atoms with Crippen molar-refractivity contribution in [3.8, 4) is 0 Å². The Hall–Kier alpha value is -0.540. The molecule has 8 heteroatoms. The minimum Gasteiger partial charge on any atom is -0.184 e. The SMILES string of the molecule is CCCCCCC(CCCCCC)=C(O[P+](=O)OCC)O[P+](=O)OCC. The van der Waals surface area contributed by atoms with Crippen LogP contribution < -0.4 is 0 Å². The lowest BCUT2D eigenvalue weighted by atomic mass is 10.0. The number of unbranched alkanes of at least 4 members (excludes halogenated alkanes) is 6. The average Bonchev–Trinajstić information content (AvgIpc) is 2.60. The monoisotopic (exact) mass is 410 g/mol. The fraction of sp³-hybridized carbons (Fsp3) is 0.889. The van der Waals surface area contributed by atoms with Gasteiger partial charge in [0, 0.05) is 14.7 Å². The van der Waals surface area contributed by atoms with Crippen molar-refractivity contribution in [2.75, 3.05) is 13.2 Å². The van der Waals surface area contributed by atoms with Crippen molar-refractivity contribution >= 4 is 16.5 Å². The van der Waals surface area contributed by atoms with Gasteiger partial charge in [-0.05, 0) is 39.5 Å². The van der Waals surface area contributed by atoms with Crippen LogP contribution in [0.4, 0.5) is 0 Å². The lowest BCUT2D eigenvalue weighted by Crippen LogP contribution is -1.99. The average molecular weight is 410 g/mol. The molecule has 152 valence electrons. The Morgan fingerprint density at radius 2 is 1.08 bits per heavy atom. The van der Waals surface area contributed by atoms with E-state index in [0.29, 0.717) is 0 Å². The van der Waals surface area contributed by atoms with Crippen molar-refractivity contribution in [3.05, 3.63) is 11.5 Å². The van der Waals surface area contributed by atoms with Gasteiger partial charge in [0.1, 0.15) is 13.2 Å². The zero-order valence-electron chi connectivity index (χ0n) is 16.8. The van der Waals surface area contributed by atoms with Gasteiger partial charge in [-0.15, -0.1) is 9.05 Å². The molecule has 2 atom stereocenters. The van der Waals surface area contributed by atoms with Crippen molar-refractivity contribution in [2.24, 2.45) is 0 Å². The van der Waals surface area contributed by atoms with Crippen LogP contribution in [0.15, 0.2) is 11.5 Å². The molecule has 0 aliphatic carbocycles. The Morgan fingerprint density at radius 3 is 1.42 bits per heavy atom. The van der Waals surface area contributed by atoms with Gasteiger partial charge in [-0.25, -0.2) is 0 Å². The first-order valence-corrected chi connectivity index (χ1v) is 12.1. The van der Waals surface area contributed by atoms with Gasteiger partial charge < -0.3 is 0 Å². The minimum atomic E-state index is -2.35. The van der Waals surface area contributed by atoms with Crippen LogP contribution in [0.25, 0.3) is 0 Å². The highest BCUT2D eigenvalue weighted by atomic mass is 31.1. The number of hydrogen-bond acceptors (Lipinski definition) is 6. The molecule has 26 heavy (non-hydrogen) atoms. The van der Waals surface area contributed by atoms with E-state index in [1.807, 2.05) is 0 Å². The van der Waals surface area contributed by atoms with Crippen molar-refractivity contribution in [1.82, 2.24) is 0 Å². The van der Waals surface area contributed by atoms with Gasteiger partial charge in [0.05, 0.1) is 0 Å². The zero-order valence-corrected chi connectivity index (χ0v) is 18.6. The van der Waals surface area contributed by atoms with Gasteiger partial charge in [-0.2, -0.15) is 9.05 Å². The molecule has 0 aromatic heterocycles. The molecule has 0 N–H and O–H groups in total. The lowest BCUT2D eigenvalue weighted by Gasteiger charge is -2.07. The van der Waals surface area contributed by atoms with Gasteiger partial charge in [-0.1, -0.05) is 52.4 Å². The van der Waals surface area contributed by atoms with Gasteiger partial charge in [0.25, 0.3) is 0 Å². The van der Waals surface area contributed by atoms with Crippen LogP contribution >= 0.6 is 16.5 Å². The molecule has 2 unspecified atom stereocenters. The molecule has 0 saturated heterocycles. The quantitative estimate of drug-likeness (QED) is 0.132. The van der Waals surface area contributed by atoms with E-state index in [9.17, 15) is 9.13 Å². The highest BCUT2D eigenvalue weighted by molar-refractivity contribution is 7.34. The summed E-state index contributed by atoms with van der Waals surface area (Å²) in [6.07, 6.45) is 10.4. The summed E-state index contributed by atoms with van der Waals surface area (Å²) < 4.78 is 44.5. The maximum atomic E-state index is 11.9. The van der Waals surface area contributed by atoms with E-state index >= 15 is 0 Å². The summed E-state index contributed by atoms with van der Waals surface area (Å²) in [6.45, 7) is 8.33. The fourth-order valence-electron chi connectivity index (χ4n) is 2.40.